The summed E-state index contributed by atoms with van der Waals surface area (Å²) >= 11 is 0. The minimum absolute atomic E-state index is 0.0520. The normalized spacial score (nSPS) is 13.4. The van der Waals surface area contributed by atoms with Gasteiger partial charge in [-0.1, -0.05) is 30.3 Å². The monoisotopic (exact) mass is 290 g/mol. The summed E-state index contributed by atoms with van der Waals surface area (Å²) in [7, 11) is -4.47. The molecule has 0 aliphatic heterocycles. The van der Waals surface area contributed by atoms with E-state index < -0.39 is 18.4 Å². The van der Waals surface area contributed by atoms with Crippen LogP contribution in [0, 0.1) is 0 Å². The second kappa shape index (κ2) is 7.85. The fraction of sp³-hybridized carbons (Fsp3) is 0.500. The molecule has 1 atom stereocenters. The Kier molecular flexibility index (Phi) is 6.79. The van der Waals surface area contributed by atoms with Crippen LogP contribution in [0.1, 0.15) is 19.4 Å². The summed E-state index contributed by atoms with van der Waals surface area (Å²) < 4.78 is 34.4. The molecular formula is C12H19O4PS. The summed E-state index contributed by atoms with van der Waals surface area (Å²) in [5.74, 6) is 0.366. The van der Waals surface area contributed by atoms with E-state index in [-0.39, 0.29) is 5.49 Å². The van der Waals surface area contributed by atoms with Crippen LogP contribution in [-0.4, -0.2) is 22.9 Å². The molecule has 0 fully saturated rings. The first kappa shape index (κ1) is 15.6. The van der Waals surface area contributed by atoms with Crippen LogP contribution in [0.3, 0.4) is 0 Å². The van der Waals surface area contributed by atoms with Crippen molar-refractivity contribution in [1.29, 1.82) is 0 Å². The van der Waals surface area contributed by atoms with Crippen LogP contribution < -0.4 is 0 Å². The van der Waals surface area contributed by atoms with Crippen molar-refractivity contribution < 1.29 is 17.8 Å². The Hall–Kier alpha value is -0.480. The summed E-state index contributed by atoms with van der Waals surface area (Å²) in [6.07, 6.45) is 0. The predicted molar refractivity (Wildman–Crippen MR) is 74.0 cm³/mol. The van der Waals surface area contributed by atoms with Crippen LogP contribution in [-0.2, 0) is 30.2 Å². The maximum absolute atomic E-state index is 12.2. The molecule has 0 aliphatic carbocycles. The Bertz CT molecular complexity index is 411. The highest BCUT2D eigenvalue weighted by Crippen LogP contribution is 2.48. The van der Waals surface area contributed by atoms with Crippen LogP contribution in [0.25, 0.3) is 0 Å². The summed E-state index contributed by atoms with van der Waals surface area (Å²) in [4.78, 5) is 0. The van der Waals surface area contributed by atoms with Crippen LogP contribution in [0.2, 0.25) is 0 Å². The Morgan fingerprint density at radius 3 is 2.17 bits per heavy atom. The van der Waals surface area contributed by atoms with Gasteiger partial charge >= 0.3 is 7.60 Å². The lowest BCUT2D eigenvalue weighted by Crippen LogP contribution is -2.07. The zero-order valence-corrected chi connectivity index (χ0v) is 12.4. The first-order chi connectivity index (χ1) is 8.59. The first-order valence-electron chi connectivity index (χ1n) is 5.86. The van der Waals surface area contributed by atoms with Crippen molar-refractivity contribution in [3.05, 3.63) is 35.9 Å². The van der Waals surface area contributed by atoms with Gasteiger partial charge in [-0.25, -0.2) is 0 Å². The van der Waals surface area contributed by atoms with Gasteiger partial charge in [-0.15, -0.1) is 0 Å². The zero-order chi connectivity index (χ0) is 13.4. The van der Waals surface area contributed by atoms with Gasteiger partial charge in [-0.05, 0) is 19.4 Å². The lowest BCUT2D eigenvalue weighted by atomic mass is 10.2. The van der Waals surface area contributed by atoms with Crippen molar-refractivity contribution in [2.45, 2.75) is 19.6 Å². The zero-order valence-electron chi connectivity index (χ0n) is 10.7. The van der Waals surface area contributed by atoms with Gasteiger partial charge in [-0.3, -0.25) is 8.77 Å². The maximum atomic E-state index is 12.2. The molecule has 6 heteroatoms. The summed E-state index contributed by atoms with van der Waals surface area (Å²) in [6, 6.07) is 9.46. The molecule has 0 N–H and O–H groups in total. The first-order valence-corrected chi connectivity index (χ1v) is 9.08. The standard InChI is InChI=1S/C12H19O4PS/c1-3-15-17(13,16-4-2)11-18(14)10-12-8-6-5-7-9-12/h5-9H,3-4,10-11H2,1-2H3/t18-/m0/s1. The Morgan fingerprint density at radius 2 is 1.67 bits per heavy atom. The number of hydrogen-bond acceptors (Lipinski definition) is 4. The molecular weight excluding hydrogens is 271 g/mol. The minimum atomic E-state index is -3.21. The maximum Gasteiger partial charge on any atom is 0.343 e. The van der Waals surface area contributed by atoms with E-state index in [1.54, 1.807) is 13.8 Å². The SMILES string of the molecule is CCOP(=O)(C[S@@](=O)Cc1ccccc1)OCC. The van der Waals surface area contributed by atoms with Crippen molar-refractivity contribution >= 4 is 18.4 Å². The molecule has 0 radical (unpaired) electrons. The molecule has 0 spiro atoms. The number of rotatable bonds is 8. The highest BCUT2D eigenvalue weighted by atomic mass is 32.2. The van der Waals surface area contributed by atoms with E-state index in [9.17, 15) is 8.77 Å². The molecule has 0 saturated heterocycles. The second-order valence-electron chi connectivity index (χ2n) is 3.65. The van der Waals surface area contributed by atoms with E-state index in [0.717, 1.165) is 5.56 Å². The molecule has 1 aromatic rings. The lowest BCUT2D eigenvalue weighted by Gasteiger charge is -2.16. The average molecular weight is 290 g/mol. The third-order valence-electron chi connectivity index (χ3n) is 2.12. The predicted octanol–water partition coefficient (Wildman–Crippen LogP) is 3.16. The smallest absolute Gasteiger partial charge is 0.308 e. The average Bonchev–Trinajstić information content (AvgIpc) is 2.30. The molecule has 0 unspecified atom stereocenters. The van der Waals surface area contributed by atoms with E-state index in [1.165, 1.54) is 0 Å². The quantitative estimate of drug-likeness (QED) is 0.690. The Balaban J connectivity index is 2.59. The van der Waals surface area contributed by atoms with Gasteiger partial charge in [-0.2, -0.15) is 0 Å². The van der Waals surface area contributed by atoms with Gasteiger partial charge < -0.3 is 9.05 Å². The van der Waals surface area contributed by atoms with E-state index in [4.69, 9.17) is 9.05 Å². The molecule has 1 rings (SSSR count). The number of benzene rings is 1. The summed E-state index contributed by atoms with van der Waals surface area (Å²) in [5.41, 5.74) is 0.902. The van der Waals surface area contributed by atoms with Gasteiger partial charge in [0.1, 0.15) is 5.49 Å². The molecule has 0 aromatic heterocycles. The highest BCUT2D eigenvalue weighted by molar-refractivity contribution is 7.91. The van der Waals surface area contributed by atoms with Crippen molar-refractivity contribution in [3.63, 3.8) is 0 Å². The van der Waals surface area contributed by atoms with Gasteiger partial charge in [0.25, 0.3) is 0 Å². The van der Waals surface area contributed by atoms with E-state index >= 15 is 0 Å². The summed E-state index contributed by atoms with van der Waals surface area (Å²) in [5, 5.41) is 0. The van der Waals surface area contributed by atoms with E-state index in [1.807, 2.05) is 30.3 Å². The van der Waals surface area contributed by atoms with Crippen molar-refractivity contribution in [2.24, 2.45) is 0 Å². The van der Waals surface area contributed by atoms with Gasteiger partial charge in [0.2, 0.25) is 0 Å². The van der Waals surface area contributed by atoms with Crippen molar-refractivity contribution in [3.8, 4) is 0 Å². The molecule has 0 aliphatic rings. The molecule has 4 nitrogen and oxygen atoms in total. The third kappa shape index (κ3) is 5.44. The molecule has 18 heavy (non-hydrogen) atoms. The minimum Gasteiger partial charge on any atom is -0.308 e. The number of hydrogen-bond donors (Lipinski definition) is 0. The second-order valence-corrected chi connectivity index (χ2v) is 7.58. The molecule has 102 valence electrons. The fourth-order valence-corrected chi connectivity index (χ4v) is 5.29. The van der Waals surface area contributed by atoms with Crippen LogP contribution in [0.15, 0.2) is 30.3 Å². The Morgan fingerprint density at radius 1 is 1.11 bits per heavy atom. The summed E-state index contributed by atoms with van der Waals surface area (Å²) in [6.45, 7) is 4.07. The third-order valence-corrected chi connectivity index (χ3v) is 6.50. The van der Waals surface area contributed by atoms with Gasteiger partial charge in [0.05, 0.1) is 13.2 Å². The molecule has 0 saturated carbocycles. The van der Waals surface area contributed by atoms with Crippen LogP contribution in [0.4, 0.5) is 0 Å². The molecule has 0 amide bonds. The highest BCUT2D eigenvalue weighted by Gasteiger charge is 2.26. The van der Waals surface area contributed by atoms with Crippen molar-refractivity contribution in [2.75, 3.05) is 18.7 Å². The van der Waals surface area contributed by atoms with Crippen LogP contribution >= 0.6 is 7.60 Å². The molecule has 0 heterocycles. The topological polar surface area (TPSA) is 52.6 Å². The molecule has 0 bridgehead atoms. The van der Waals surface area contributed by atoms with Gasteiger partial charge in [0, 0.05) is 16.6 Å². The van der Waals surface area contributed by atoms with E-state index in [2.05, 4.69) is 0 Å². The molecule has 1 aromatic carbocycles. The van der Waals surface area contributed by atoms with Crippen LogP contribution in [0.5, 0.6) is 0 Å². The largest absolute Gasteiger partial charge is 0.343 e. The Labute approximate surface area is 111 Å². The van der Waals surface area contributed by atoms with E-state index in [0.29, 0.717) is 19.0 Å². The lowest BCUT2D eigenvalue weighted by molar-refractivity contribution is 0.224. The fourth-order valence-electron chi connectivity index (χ4n) is 1.49. The van der Waals surface area contributed by atoms with Gasteiger partial charge in [0.15, 0.2) is 0 Å². The van der Waals surface area contributed by atoms with Crippen molar-refractivity contribution in [1.82, 2.24) is 0 Å².